The zero-order chi connectivity index (χ0) is 22.6. The fourth-order valence-electron chi connectivity index (χ4n) is 5.04. The van der Waals surface area contributed by atoms with Crippen LogP contribution >= 0.6 is 0 Å². The van der Waals surface area contributed by atoms with Gasteiger partial charge in [0, 0.05) is 36.9 Å². The van der Waals surface area contributed by atoms with E-state index in [1.54, 1.807) is 17.2 Å². The topological polar surface area (TPSA) is 118 Å². The molecule has 176 valence electrons. The highest BCUT2D eigenvalue weighted by Crippen LogP contribution is 2.29. The van der Waals surface area contributed by atoms with Crippen LogP contribution in [0.5, 0.6) is 0 Å². The van der Waals surface area contributed by atoms with Crippen molar-refractivity contribution in [3.63, 3.8) is 0 Å². The SMILES string of the molecule is N/C(=N/OCC(=O)N(C1CCCC1)C1CCS(=O)(=O)C1)c1ccnc(N2CCCCC2)c1. The molecule has 2 aliphatic heterocycles. The van der Waals surface area contributed by atoms with Crippen LogP contribution in [0.1, 0.15) is 56.9 Å². The number of rotatable bonds is 7. The van der Waals surface area contributed by atoms with Gasteiger partial charge in [-0.15, -0.1) is 0 Å². The van der Waals surface area contributed by atoms with Gasteiger partial charge in [0.1, 0.15) is 5.82 Å². The van der Waals surface area contributed by atoms with Crippen LogP contribution in [-0.4, -0.2) is 73.3 Å². The average molecular weight is 464 g/mol. The number of nitrogens with two attached hydrogens (primary N) is 1. The van der Waals surface area contributed by atoms with Crippen LogP contribution in [-0.2, 0) is 19.5 Å². The summed E-state index contributed by atoms with van der Waals surface area (Å²) in [5.41, 5.74) is 6.81. The molecule has 1 aromatic heterocycles. The lowest BCUT2D eigenvalue weighted by Gasteiger charge is -2.33. The molecule has 3 heterocycles. The number of hydrogen-bond acceptors (Lipinski definition) is 7. The third kappa shape index (κ3) is 5.51. The van der Waals surface area contributed by atoms with Gasteiger partial charge < -0.3 is 20.4 Å². The number of piperidine rings is 1. The Hall–Kier alpha value is -2.36. The van der Waals surface area contributed by atoms with Crippen LogP contribution < -0.4 is 10.6 Å². The van der Waals surface area contributed by atoms with Gasteiger partial charge in [-0.3, -0.25) is 4.79 Å². The Balaban J connectivity index is 1.38. The molecule has 10 heteroatoms. The number of amidine groups is 1. The Bertz CT molecular complexity index is 939. The molecule has 0 bridgehead atoms. The van der Waals surface area contributed by atoms with E-state index < -0.39 is 9.84 Å². The summed E-state index contributed by atoms with van der Waals surface area (Å²) >= 11 is 0. The molecule has 32 heavy (non-hydrogen) atoms. The van der Waals surface area contributed by atoms with Gasteiger partial charge in [0.25, 0.3) is 5.91 Å². The maximum atomic E-state index is 13.0. The summed E-state index contributed by atoms with van der Waals surface area (Å²) in [6, 6.07) is 3.47. The lowest BCUT2D eigenvalue weighted by molar-refractivity contribution is -0.140. The van der Waals surface area contributed by atoms with E-state index >= 15 is 0 Å². The van der Waals surface area contributed by atoms with Crippen molar-refractivity contribution in [2.75, 3.05) is 36.1 Å². The number of pyridine rings is 1. The molecular formula is C22H33N5O4S. The number of sulfone groups is 1. The highest BCUT2D eigenvalue weighted by atomic mass is 32.2. The predicted octanol–water partition coefficient (Wildman–Crippen LogP) is 1.67. The summed E-state index contributed by atoms with van der Waals surface area (Å²) in [5, 5.41) is 3.97. The third-order valence-electron chi connectivity index (χ3n) is 6.68. The summed E-state index contributed by atoms with van der Waals surface area (Å²) in [4.78, 5) is 26.8. The molecule has 3 aliphatic rings. The largest absolute Gasteiger partial charge is 0.384 e. The quantitative estimate of drug-likeness (QED) is 0.371. The van der Waals surface area contributed by atoms with E-state index in [1.165, 1.54) is 6.42 Å². The first-order valence-corrected chi connectivity index (χ1v) is 13.4. The van der Waals surface area contributed by atoms with Gasteiger partial charge in [0.05, 0.1) is 11.5 Å². The number of oxime groups is 1. The van der Waals surface area contributed by atoms with Gasteiger partial charge >= 0.3 is 0 Å². The lowest BCUT2D eigenvalue weighted by Crippen LogP contribution is -2.48. The van der Waals surface area contributed by atoms with E-state index in [-0.39, 0.29) is 41.9 Å². The average Bonchev–Trinajstić information content (AvgIpc) is 3.44. The van der Waals surface area contributed by atoms with E-state index in [0.29, 0.717) is 12.0 Å². The van der Waals surface area contributed by atoms with Crippen molar-refractivity contribution in [1.82, 2.24) is 9.88 Å². The molecule has 1 amide bonds. The Morgan fingerprint density at radius 3 is 2.59 bits per heavy atom. The maximum absolute atomic E-state index is 13.0. The molecule has 4 rings (SSSR count). The Morgan fingerprint density at radius 2 is 1.91 bits per heavy atom. The van der Waals surface area contributed by atoms with Crippen molar-refractivity contribution >= 4 is 27.4 Å². The van der Waals surface area contributed by atoms with Crippen LogP contribution in [0.15, 0.2) is 23.5 Å². The zero-order valence-corrected chi connectivity index (χ0v) is 19.3. The smallest absolute Gasteiger partial charge is 0.263 e. The summed E-state index contributed by atoms with van der Waals surface area (Å²) in [6.45, 7) is 1.70. The minimum absolute atomic E-state index is 0.0386. The molecule has 1 saturated carbocycles. The van der Waals surface area contributed by atoms with Gasteiger partial charge in [0.2, 0.25) is 0 Å². The minimum Gasteiger partial charge on any atom is -0.384 e. The zero-order valence-electron chi connectivity index (χ0n) is 18.5. The molecule has 0 aromatic carbocycles. The molecule has 1 aliphatic carbocycles. The summed E-state index contributed by atoms with van der Waals surface area (Å²) in [7, 11) is -3.08. The van der Waals surface area contributed by atoms with E-state index in [2.05, 4.69) is 15.0 Å². The van der Waals surface area contributed by atoms with E-state index in [1.807, 2.05) is 6.07 Å². The summed E-state index contributed by atoms with van der Waals surface area (Å²) < 4.78 is 23.9. The molecule has 9 nitrogen and oxygen atoms in total. The third-order valence-corrected chi connectivity index (χ3v) is 8.43. The first-order chi connectivity index (χ1) is 15.4. The molecule has 0 spiro atoms. The number of nitrogens with zero attached hydrogens (tertiary/aromatic N) is 4. The van der Waals surface area contributed by atoms with Gasteiger partial charge in [-0.05, 0) is 50.7 Å². The number of anilines is 1. The Morgan fingerprint density at radius 1 is 1.16 bits per heavy atom. The van der Waals surface area contributed by atoms with Crippen LogP contribution in [0.2, 0.25) is 0 Å². The highest BCUT2D eigenvalue weighted by Gasteiger charge is 2.39. The number of carbonyl (C=O) groups excluding carboxylic acids is 1. The van der Waals surface area contributed by atoms with Gasteiger partial charge in [0.15, 0.2) is 22.3 Å². The maximum Gasteiger partial charge on any atom is 0.263 e. The Kier molecular flexibility index (Phi) is 7.17. The van der Waals surface area contributed by atoms with Gasteiger partial charge in [-0.25, -0.2) is 13.4 Å². The number of hydrogen-bond donors (Lipinski definition) is 1. The van der Waals surface area contributed by atoms with E-state index in [9.17, 15) is 13.2 Å². The second-order valence-corrected chi connectivity index (χ2v) is 11.2. The second kappa shape index (κ2) is 10.1. The van der Waals surface area contributed by atoms with Crippen molar-refractivity contribution in [2.45, 2.75) is 63.5 Å². The number of amides is 1. The number of aromatic nitrogens is 1. The molecule has 2 N–H and O–H groups in total. The predicted molar refractivity (Wildman–Crippen MR) is 123 cm³/mol. The van der Waals surface area contributed by atoms with Crippen LogP contribution in [0.25, 0.3) is 0 Å². The standard InChI is InChI=1S/C22H33N5O4S/c23-22(17-8-10-24-20(14-17)26-11-4-1-5-12-26)25-31-15-21(28)27(18-6-2-3-7-18)19-9-13-32(29,30)16-19/h8,10,14,18-19H,1-7,9,11-13,15-16H2,(H2,23,25). The van der Waals surface area contributed by atoms with Crippen molar-refractivity contribution in [2.24, 2.45) is 10.9 Å². The summed E-state index contributed by atoms with van der Waals surface area (Å²) in [5.74, 6) is 1.01. The molecule has 1 unspecified atom stereocenters. The lowest BCUT2D eigenvalue weighted by atomic mass is 10.1. The molecule has 3 fully saturated rings. The highest BCUT2D eigenvalue weighted by molar-refractivity contribution is 7.91. The van der Waals surface area contributed by atoms with Crippen LogP contribution in [0.3, 0.4) is 0 Å². The van der Waals surface area contributed by atoms with Crippen molar-refractivity contribution < 1.29 is 18.0 Å². The number of carbonyl (C=O) groups is 1. The van der Waals surface area contributed by atoms with Gasteiger partial charge in [-0.1, -0.05) is 18.0 Å². The van der Waals surface area contributed by atoms with E-state index in [4.69, 9.17) is 10.6 Å². The monoisotopic (exact) mass is 463 g/mol. The molecule has 1 aromatic rings. The first-order valence-electron chi connectivity index (χ1n) is 11.6. The minimum atomic E-state index is -3.08. The van der Waals surface area contributed by atoms with Crippen molar-refractivity contribution in [3.05, 3.63) is 23.9 Å². The fourth-order valence-corrected chi connectivity index (χ4v) is 6.75. The van der Waals surface area contributed by atoms with Crippen molar-refractivity contribution in [1.29, 1.82) is 0 Å². The fraction of sp³-hybridized carbons (Fsp3) is 0.682. The molecule has 1 atom stereocenters. The van der Waals surface area contributed by atoms with Crippen LogP contribution in [0.4, 0.5) is 5.82 Å². The first kappa shape index (κ1) is 22.8. The molecular weight excluding hydrogens is 430 g/mol. The van der Waals surface area contributed by atoms with Gasteiger partial charge in [-0.2, -0.15) is 0 Å². The molecule has 2 saturated heterocycles. The van der Waals surface area contributed by atoms with Crippen LogP contribution in [0, 0.1) is 0 Å². The normalized spacial score (nSPS) is 23.9. The van der Waals surface area contributed by atoms with Crippen molar-refractivity contribution in [3.8, 4) is 0 Å². The Labute approximate surface area is 189 Å². The molecule has 0 radical (unpaired) electrons. The summed E-state index contributed by atoms with van der Waals surface area (Å²) in [6.07, 6.45) is 9.67. The second-order valence-electron chi connectivity index (χ2n) is 9.00. The van der Waals surface area contributed by atoms with E-state index in [0.717, 1.165) is 57.4 Å².